The van der Waals surface area contributed by atoms with Crippen molar-refractivity contribution in [3.05, 3.63) is 35.4 Å². The van der Waals surface area contributed by atoms with Crippen LogP contribution in [0.5, 0.6) is 0 Å². The van der Waals surface area contributed by atoms with Gasteiger partial charge in [0.15, 0.2) is 0 Å². The minimum atomic E-state index is -0.905. The number of carboxylic acids is 1. The van der Waals surface area contributed by atoms with Gasteiger partial charge >= 0.3 is 5.97 Å². The van der Waals surface area contributed by atoms with Gasteiger partial charge in [-0.1, -0.05) is 18.2 Å². The molecule has 0 aliphatic carbocycles. The Balaban J connectivity index is 1.98. The Morgan fingerprint density at radius 1 is 1.26 bits per heavy atom. The highest BCUT2D eigenvalue weighted by Gasteiger charge is 2.42. The molecular formula is C15H17NO3. The predicted octanol–water partition coefficient (Wildman–Crippen LogP) is 2.25. The lowest BCUT2D eigenvalue weighted by Gasteiger charge is -2.33. The van der Waals surface area contributed by atoms with E-state index in [0.717, 1.165) is 31.4 Å². The molecule has 0 radical (unpaired) electrons. The van der Waals surface area contributed by atoms with E-state index in [1.165, 1.54) is 0 Å². The van der Waals surface area contributed by atoms with Crippen molar-refractivity contribution in [1.29, 1.82) is 0 Å². The topological polar surface area (TPSA) is 57.6 Å². The summed E-state index contributed by atoms with van der Waals surface area (Å²) in [7, 11) is 0. The average molecular weight is 259 g/mol. The summed E-state index contributed by atoms with van der Waals surface area (Å²) >= 11 is 0. The summed E-state index contributed by atoms with van der Waals surface area (Å²) in [6, 6.07) is 7.29. The van der Waals surface area contributed by atoms with Crippen LogP contribution in [0.3, 0.4) is 0 Å². The zero-order valence-electron chi connectivity index (χ0n) is 10.7. The molecule has 2 atom stereocenters. The molecular weight excluding hydrogens is 242 g/mol. The third-order valence-electron chi connectivity index (χ3n) is 4.32. The summed E-state index contributed by atoms with van der Waals surface area (Å²) in [4.78, 5) is 25.3. The van der Waals surface area contributed by atoms with E-state index in [1.807, 2.05) is 17.0 Å². The Kier molecular flexibility index (Phi) is 3.01. The number of rotatable bonds is 2. The van der Waals surface area contributed by atoms with Crippen molar-refractivity contribution in [2.75, 3.05) is 6.54 Å². The van der Waals surface area contributed by atoms with Crippen LogP contribution in [0.15, 0.2) is 24.3 Å². The first-order chi connectivity index (χ1) is 9.18. The number of carbonyl (C=O) groups excluding carboxylic acids is 1. The van der Waals surface area contributed by atoms with E-state index in [-0.39, 0.29) is 17.9 Å². The van der Waals surface area contributed by atoms with Gasteiger partial charge in [0.1, 0.15) is 0 Å². The van der Waals surface area contributed by atoms with Gasteiger partial charge in [0.2, 0.25) is 5.91 Å². The van der Waals surface area contributed by atoms with Gasteiger partial charge < -0.3 is 10.0 Å². The molecule has 4 nitrogen and oxygen atoms in total. The summed E-state index contributed by atoms with van der Waals surface area (Å²) in [5, 5.41) is 9.29. The highest BCUT2D eigenvalue weighted by Crippen LogP contribution is 2.40. The fourth-order valence-corrected chi connectivity index (χ4v) is 3.46. The fourth-order valence-electron chi connectivity index (χ4n) is 3.46. The molecule has 0 bridgehead atoms. The van der Waals surface area contributed by atoms with E-state index in [9.17, 15) is 14.7 Å². The van der Waals surface area contributed by atoms with Crippen molar-refractivity contribution in [2.45, 2.75) is 37.6 Å². The summed E-state index contributed by atoms with van der Waals surface area (Å²) in [6.45, 7) is 0.829. The Morgan fingerprint density at radius 3 is 2.84 bits per heavy atom. The summed E-state index contributed by atoms with van der Waals surface area (Å²) in [6.07, 6.45) is 3.63. The highest BCUT2D eigenvalue weighted by atomic mass is 16.4. The number of carbonyl (C=O) groups is 2. The molecule has 2 unspecified atom stereocenters. The lowest BCUT2D eigenvalue weighted by molar-refractivity contribution is -0.129. The number of piperidine rings is 1. The lowest BCUT2D eigenvalue weighted by atomic mass is 9.85. The normalized spacial score (nSPS) is 26.3. The van der Waals surface area contributed by atoms with Gasteiger partial charge in [-0.05, 0) is 30.9 Å². The molecule has 2 aliphatic heterocycles. The van der Waals surface area contributed by atoms with Crippen LogP contribution in [0.2, 0.25) is 0 Å². The van der Waals surface area contributed by atoms with Crippen molar-refractivity contribution in [3.63, 3.8) is 0 Å². The van der Waals surface area contributed by atoms with E-state index in [0.29, 0.717) is 12.0 Å². The minimum absolute atomic E-state index is 0.0418. The first-order valence-corrected chi connectivity index (χ1v) is 6.80. The third kappa shape index (κ3) is 2.01. The molecule has 2 saturated heterocycles. The van der Waals surface area contributed by atoms with Crippen molar-refractivity contribution in [2.24, 2.45) is 0 Å². The van der Waals surface area contributed by atoms with Gasteiger partial charge in [-0.2, -0.15) is 0 Å². The number of carboxylic acid groups (broad SMARTS) is 1. The standard InChI is InChI=1S/C15H17NO3/c17-14-9-12(13-7-3-4-8-16(13)14)10-5-1-2-6-11(10)15(18)19/h1-2,5-6,12-13H,3-4,7-9H2,(H,18,19). The van der Waals surface area contributed by atoms with Crippen LogP contribution in [-0.2, 0) is 4.79 Å². The lowest BCUT2D eigenvalue weighted by Crippen LogP contribution is -2.38. The summed E-state index contributed by atoms with van der Waals surface area (Å²) < 4.78 is 0. The van der Waals surface area contributed by atoms with Gasteiger partial charge in [-0.15, -0.1) is 0 Å². The van der Waals surface area contributed by atoms with E-state index in [2.05, 4.69) is 0 Å². The summed E-state index contributed by atoms with van der Waals surface area (Å²) in [5.41, 5.74) is 1.16. The molecule has 19 heavy (non-hydrogen) atoms. The number of hydrogen-bond donors (Lipinski definition) is 1. The zero-order chi connectivity index (χ0) is 13.4. The van der Waals surface area contributed by atoms with Gasteiger partial charge in [-0.25, -0.2) is 4.79 Å². The van der Waals surface area contributed by atoms with Crippen LogP contribution in [-0.4, -0.2) is 34.5 Å². The summed E-state index contributed by atoms with van der Waals surface area (Å²) in [5.74, 6) is -0.688. The largest absolute Gasteiger partial charge is 0.478 e. The first-order valence-electron chi connectivity index (χ1n) is 6.80. The zero-order valence-corrected chi connectivity index (χ0v) is 10.7. The van der Waals surface area contributed by atoms with Gasteiger partial charge in [-0.3, -0.25) is 4.79 Å². The maximum Gasteiger partial charge on any atom is 0.335 e. The second-order valence-corrected chi connectivity index (χ2v) is 5.35. The first kappa shape index (κ1) is 12.2. The van der Waals surface area contributed by atoms with Crippen LogP contribution in [0.1, 0.15) is 47.5 Å². The van der Waals surface area contributed by atoms with Crippen LogP contribution >= 0.6 is 0 Å². The Hall–Kier alpha value is -1.84. The third-order valence-corrected chi connectivity index (χ3v) is 4.32. The Morgan fingerprint density at radius 2 is 2.05 bits per heavy atom. The van der Waals surface area contributed by atoms with Crippen LogP contribution in [0, 0.1) is 0 Å². The number of hydrogen-bond acceptors (Lipinski definition) is 2. The molecule has 3 rings (SSSR count). The van der Waals surface area contributed by atoms with Crippen LogP contribution < -0.4 is 0 Å². The highest BCUT2D eigenvalue weighted by molar-refractivity contribution is 5.90. The molecule has 1 amide bonds. The van der Waals surface area contributed by atoms with Gasteiger partial charge in [0.05, 0.1) is 5.56 Å². The van der Waals surface area contributed by atoms with Crippen molar-refractivity contribution in [3.8, 4) is 0 Å². The number of amides is 1. The minimum Gasteiger partial charge on any atom is -0.478 e. The quantitative estimate of drug-likeness (QED) is 0.886. The molecule has 2 heterocycles. The predicted molar refractivity (Wildman–Crippen MR) is 70.1 cm³/mol. The molecule has 1 aromatic carbocycles. The average Bonchev–Trinajstić information content (AvgIpc) is 2.77. The van der Waals surface area contributed by atoms with Gasteiger partial charge in [0, 0.05) is 24.9 Å². The number of aromatic carboxylic acids is 1. The molecule has 1 N–H and O–H groups in total. The Labute approximate surface area is 112 Å². The molecule has 2 fully saturated rings. The van der Waals surface area contributed by atoms with E-state index >= 15 is 0 Å². The number of benzene rings is 1. The molecule has 1 aromatic rings. The van der Waals surface area contributed by atoms with E-state index in [4.69, 9.17) is 0 Å². The molecule has 0 aromatic heterocycles. The van der Waals surface area contributed by atoms with Gasteiger partial charge in [0.25, 0.3) is 0 Å². The van der Waals surface area contributed by atoms with E-state index < -0.39 is 5.97 Å². The fraction of sp³-hybridized carbons (Fsp3) is 0.467. The number of fused-ring (bicyclic) bond motifs is 1. The van der Waals surface area contributed by atoms with Crippen molar-refractivity contribution in [1.82, 2.24) is 4.90 Å². The van der Waals surface area contributed by atoms with E-state index in [1.54, 1.807) is 12.1 Å². The number of nitrogens with zero attached hydrogens (tertiary/aromatic N) is 1. The van der Waals surface area contributed by atoms with Crippen molar-refractivity contribution < 1.29 is 14.7 Å². The SMILES string of the molecule is O=C(O)c1ccccc1C1CC(=O)N2CCCCC12. The smallest absolute Gasteiger partial charge is 0.335 e. The molecule has 0 saturated carbocycles. The second-order valence-electron chi connectivity index (χ2n) is 5.35. The molecule has 100 valence electrons. The molecule has 2 aliphatic rings. The maximum atomic E-state index is 12.1. The van der Waals surface area contributed by atoms with Crippen LogP contribution in [0.25, 0.3) is 0 Å². The monoisotopic (exact) mass is 259 g/mol. The van der Waals surface area contributed by atoms with Crippen molar-refractivity contribution >= 4 is 11.9 Å². The maximum absolute atomic E-state index is 12.1. The molecule has 4 heteroatoms. The Bertz CT molecular complexity index is 526. The van der Waals surface area contributed by atoms with Crippen LogP contribution in [0.4, 0.5) is 0 Å². The molecule has 0 spiro atoms. The second kappa shape index (κ2) is 4.68.